The van der Waals surface area contributed by atoms with Crippen molar-refractivity contribution in [3.63, 3.8) is 0 Å². The zero-order valence-corrected chi connectivity index (χ0v) is 15.8. The van der Waals surface area contributed by atoms with Crippen molar-refractivity contribution in [2.45, 2.75) is 40.0 Å². The molecule has 0 unspecified atom stereocenters. The quantitative estimate of drug-likeness (QED) is 0.599. The summed E-state index contributed by atoms with van der Waals surface area (Å²) >= 11 is 0. The minimum absolute atomic E-state index is 0.110. The first kappa shape index (κ1) is 20.6. The molecule has 0 heterocycles. The van der Waals surface area contributed by atoms with Crippen LogP contribution in [-0.2, 0) is 4.79 Å². The second-order valence-electron chi connectivity index (χ2n) is 6.30. The summed E-state index contributed by atoms with van der Waals surface area (Å²) < 4.78 is 33.8. The summed E-state index contributed by atoms with van der Waals surface area (Å²) in [6.07, 6.45) is 1.74. The van der Waals surface area contributed by atoms with Crippen LogP contribution in [0.3, 0.4) is 0 Å². The predicted octanol–water partition coefficient (Wildman–Crippen LogP) is 5.75. The minimum atomic E-state index is -1.11. The highest BCUT2D eigenvalue weighted by atomic mass is 19.1. The fraction of sp³-hybridized carbons (Fsp3) is 0.318. The van der Waals surface area contributed by atoms with Crippen molar-refractivity contribution in [1.82, 2.24) is 0 Å². The van der Waals surface area contributed by atoms with E-state index in [4.69, 9.17) is 4.74 Å². The monoisotopic (exact) mass is 374 g/mol. The largest absolute Gasteiger partial charge is 0.494 e. The lowest BCUT2D eigenvalue weighted by atomic mass is 9.88. The number of carboxylic acids is 1. The SMILES string of the molecule is CCCC/C(C(=O)O)=C(\c1ccc(F)cc1C)c1cc(OCC)ccc1F. The van der Waals surface area contributed by atoms with Gasteiger partial charge in [-0.25, -0.2) is 13.6 Å². The summed E-state index contributed by atoms with van der Waals surface area (Å²) in [4.78, 5) is 12.0. The minimum Gasteiger partial charge on any atom is -0.494 e. The summed E-state index contributed by atoms with van der Waals surface area (Å²) in [5, 5.41) is 9.82. The van der Waals surface area contributed by atoms with Crippen molar-refractivity contribution in [3.05, 3.63) is 70.3 Å². The van der Waals surface area contributed by atoms with E-state index in [9.17, 15) is 18.7 Å². The number of carboxylic acid groups (broad SMARTS) is 1. The van der Waals surface area contributed by atoms with Gasteiger partial charge in [0.05, 0.1) is 6.61 Å². The van der Waals surface area contributed by atoms with Crippen LogP contribution in [0.25, 0.3) is 5.57 Å². The van der Waals surface area contributed by atoms with Gasteiger partial charge in [0, 0.05) is 16.7 Å². The van der Waals surface area contributed by atoms with Crippen molar-refractivity contribution in [2.75, 3.05) is 6.61 Å². The van der Waals surface area contributed by atoms with Crippen LogP contribution in [0.5, 0.6) is 5.75 Å². The molecule has 2 aromatic carbocycles. The lowest BCUT2D eigenvalue weighted by molar-refractivity contribution is -0.132. The second-order valence-corrected chi connectivity index (χ2v) is 6.30. The van der Waals surface area contributed by atoms with Gasteiger partial charge in [0.15, 0.2) is 0 Å². The van der Waals surface area contributed by atoms with Gasteiger partial charge in [-0.2, -0.15) is 0 Å². The highest BCUT2D eigenvalue weighted by molar-refractivity contribution is 6.01. The zero-order chi connectivity index (χ0) is 20.0. The number of hydrogen-bond acceptors (Lipinski definition) is 2. The van der Waals surface area contributed by atoms with Crippen LogP contribution in [0.2, 0.25) is 0 Å². The smallest absolute Gasteiger partial charge is 0.332 e. The Kier molecular flexibility index (Phi) is 7.11. The van der Waals surface area contributed by atoms with E-state index in [0.717, 1.165) is 6.42 Å². The first-order chi connectivity index (χ1) is 12.9. The summed E-state index contributed by atoms with van der Waals surface area (Å²) in [6.45, 7) is 5.86. The Morgan fingerprint density at radius 1 is 1.07 bits per heavy atom. The first-order valence-electron chi connectivity index (χ1n) is 9.04. The molecular formula is C22H24F2O3. The molecule has 0 aliphatic carbocycles. The van der Waals surface area contributed by atoms with Crippen LogP contribution in [0, 0.1) is 18.6 Å². The van der Waals surface area contributed by atoms with Crippen LogP contribution in [0.1, 0.15) is 49.8 Å². The zero-order valence-electron chi connectivity index (χ0n) is 15.8. The van der Waals surface area contributed by atoms with E-state index in [2.05, 4.69) is 0 Å². The van der Waals surface area contributed by atoms with Crippen molar-refractivity contribution >= 4 is 11.5 Å². The number of halogens is 2. The van der Waals surface area contributed by atoms with E-state index in [1.165, 1.54) is 36.4 Å². The molecule has 0 saturated heterocycles. The molecule has 0 atom stereocenters. The Morgan fingerprint density at radius 2 is 1.81 bits per heavy atom. The van der Waals surface area contributed by atoms with E-state index in [1.807, 2.05) is 13.8 Å². The fourth-order valence-electron chi connectivity index (χ4n) is 3.02. The first-order valence-corrected chi connectivity index (χ1v) is 9.04. The summed E-state index contributed by atoms with van der Waals surface area (Å²) in [5.41, 5.74) is 1.56. The Morgan fingerprint density at radius 3 is 2.41 bits per heavy atom. The van der Waals surface area contributed by atoms with E-state index >= 15 is 0 Å². The molecular weight excluding hydrogens is 350 g/mol. The maximum Gasteiger partial charge on any atom is 0.332 e. The molecule has 3 nitrogen and oxygen atoms in total. The molecule has 0 amide bonds. The third-order valence-corrected chi connectivity index (χ3v) is 4.32. The summed E-state index contributed by atoms with van der Waals surface area (Å²) in [6, 6.07) is 8.35. The van der Waals surface area contributed by atoms with Crippen molar-refractivity contribution in [2.24, 2.45) is 0 Å². The van der Waals surface area contributed by atoms with Crippen molar-refractivity contribution < 1.29 is 23.4 Å². The average molecular weight is 374 g/mol. The summed E-state index contributed by atoms with van der Waals surface area (Å²) in [5.74, 6) is -1.63. The third kappa shape index (κ3) is 4.94. The molecule has 0 fully saturated rings. The molecule has 1 N–H and O–H groups in total. The normalized spacial score (nSPS) is 11.9. The van der Waals surface area contributed by atoms with Crippen LogP contribution >= 0.6 is 0 Å². The van der Waals surface area contributed by atoms with Crippen LogP contribution in [0.15, 0.2) is 42.0 Å². The fourth-order valence-corrected chi connectivity index (χ4v) is 3.02. The second kappa shape index (κ2) is 9.31. The number of aryl methyl sites for hydroxylation is 1. The molecule has 0 radical (unpaired) electrons. The van der Waals surface area contributed by atoms with E-state index in [0.29, 0.717) is 29.9 Å². The molecule has 0 saturated carbocycles. The Balaban J connectivity index is 2.81. The topological polar surface area (TPSA) is 46.5 Å². The van der Waals surface area contributed by atoms with Crippen LogP contribution < -0.4 is 4.74 Å². The Hall–Kier alpha value is -2.69. The van der Waals surface area contributed by atoms with Gasteiger partial charge in [-0.1, -0.05) is 19.4 Å². The number of rotatable bonds is 8. The standard InChI is InChI=1S/C22H24F2O3/c1-4-6-7-18(22(25)26)21(17-10-8-15(23)12-14(17)3)19-13-16(27-5-2)9-11-20(19)24/h8-13H,4-7H2,1-3H3,(H,25,26)/b21-18-. The van der Waals surface area contributed by atoms with E-state index in [1.54, 1.807) is 6.92 Å². The number of unbranched alkanes of at least 4 members (excludes halogenated alkanes) is 1. The van der Waals surface area contributed by atoms with Crippen LogP contribution in [-0.4, -0.2) is 17.7 Å². The number of benzene rings is 2. The molecule has 2 rings (SSSR count). The molecule has 144 valence electrons. The number of ether oxygens (including phenoxy) is 1. The van der Waals surface area contributed by atoms with Gasteiger partial charge in [0.2, 0.25) is 0 Å². The van der Waals surface area contributed by atoms with Gasteiger partial charge >= 0.3 is 5.97 Å². The molecule has 2 aromatic rings. The van der Waals surface area contributed by atoms with Crippen LogP contribution in [0.4, 0.5) is 8.78 Å². The lowest BCUT2D eigenvalue weighted by Crippen LogP contribution is -2.08. The molecule has 5 heteroatoms. The summed E-state index contributed by atoms with van der Waals surface area (Å²) in [7, 11) is 0. The van der Waals surface area contributed by atoms with E-state index in [-0.39, 0.29) is 23.1 Å². The van der Waals surface area contributed by atoms with Gasteiger partial charge in [0.1, 0.15) is 17.4 Å². The molecule has 27 heavy (non-hydrogen) atoms. The van der Waals surface area contributed by atoms with Gasteiger partial charge in [-0.15, -0.1) is 0 Å². The highest BCUT2D eigenvalue weighted by Gasteiger charge is 2.22. The number of aliphatic carboxylic acids is 1. The predicted molar refractivity (Wildman–Crippen MR) is 102 cm³/mol. The molecule has 0 aliphatic heterocycles. The number of hydrogen-bond donors (Lipinski definition) is 1. The van der Waals surface area contributed by atoms with Gasteiger partial charge in [-0.05, 0) is 68.1 Å². The molecule has 0 bridgehead atoms. The lowest BCUT2D eigenvalue weighted by Gasteiger charge is -2.17. The third-order valence-electron chi connectivity index (χ3n) is 4.32. The number of carbonyl (C=O) groups is 1. The Labute approximate surface area is 158 Å². The van der Waals surface area contributed by atoms with Gasteiger partial charge < -0.3 is 9.84 Å². The average Bonchev–Trinajstić information content (AvgIpc) is 2.61. The van der Waals surface area contributed by atoms with E-state index < -0.39 is 17.6 Å². The van der Waals surface area contributed by atoms with Gasteiger partial charge in [-0.3, -0.25) is 0 Å². The molecule has 0 spiro atoms. The van der Waals surface area contributed by atoms with Gasteiger partial charge in [0.25, 0.3) is 0 Å². The van der Waals surface area contributed by atoms with Crippen molar-refractivity contribution in [3.8, 4) is 5.75 Å². The Bertz CT molecular complexity index is 857. The molecule has 0 aliphatic rings. The highest BCUT2D eigenvalue weighted by Crippen LogP contribution is 2.35. The maximum absolute atomic E-state index is 14.7. The van der Waals surface area contributed by atoms with Crippen molar-refractivity contribution in [1.29, 1.82) is 0 Å². The maximum atomic E-state index is 14.7. The molecule has 0 aromatic heterocycles.